The molecule has 2 N–H and O–H groups in total. The normalized spacial score (nSPS) is 13.8. The fourth-order valence-corrected chi connectivity index (χ4v) is 6.86. The van der Waals surface area contributed by atoms with Crippen LogP contribution in [0.2, 0.25) is 0 Å². The molecule has 2 heterocycles. The van der Waals surface area contributed by atoms with Crippen molar-refractivity contribution >= 4 is 29.0 Å². The highest BCUT2D eigenvalue weighted by Gasteiger charge is 2.31. The smallest absolute Gasteiger partial charge is 0.270 e. The van der Waals surface area contributed by atoms with Gasteiger partial charge in [-0.2, -0.15) is 9.98 Å². The Balaban J connectivity index is 1.47. The van der Waals surface area contributed by atoms with Crippen molar-refractivity contribution in [2.75, 3.05) is 6.61 Å². The molecule has 38 heavy (non-hydrogen) atoms. The van der Waals surface area contributed by atoms with E-state index in [-0.39, 0.29) is 10.6 Å². The van der Waals surface area contributed by atoms with E-state index in [1.807, 2.05) is 39.9 Å². The van der Waals surface area contributed by atoms with E-state index in [2.05, 4.69) is 10.2 Å². The predicted octanol–water partition coefficient (Wildman–Crippen LogP) is 2.11. The summed E-state index contributed by atoms with van der Waals surface area (Å²) in [5, 5.41) is 16.6. The molecule has 2 aromatic heterocycles. The van der Waals surface area contributed by atoms with Gasteiger partial charge >= 0.3 is 0 Å². The molecule has 0 aliphatic carbocycles. The minimum atomic E-state index is -5.39. The van der Waals surface area contributed by atoms with Gasteiger partial charge in [-0.1, -0.05) is 23.5 Å². The molecule has 11 nitrogen and oxygen atoms in total. The maximum atomic E-state index is 14.0. The van der Waals surface area contributed by atoms with Crippen LogP contribution in [-0.2, 0) is 21.1 Å². The number of pyridine rings is 1. The molecule has 15 heteroatoms. The van der Waals surface area contributed by atoms with Crippen molar-refractivity contribution in [1.29, 1.82) is 5.26 Å². The summed E-state index contributed by atoms with van der Waals surface area (Å²) < 4.78 is 60.6. The Hall–Kier alpha value is -3.57. The number of nitriles is 1. The lowest BCUT2D eigenvalue weighted by Crippen LogP contribution is -2.35. The first-order valence-corrected chi connectivity index (χ1v) is 14.8. The Labute approximate surface area is 221 Å². The van der Waals surface area contributed by atoms with E-state index in [0.717, 1.165) is 12.1 Å². The van der Waals surface area contributed by atoms with Crippen LogP contribution in [0, 0.1) is 17.1 Å². The van der Waals surface area contributed by atoms with Crippen LogP contribution >= 0.6 is 18.9 Å². The Morgan fingerprint density at radius 1 is 1.18 bits per heavy atom. The first-order valence-electron chi connectivity index (χ1n) is 10.8. The summed E-state index contributed by atoms with van der Waals surface area (Å²) in [4.78, 5) is 21.6. The number of sulfonamides is 1. The van der Waals surface area contributed by atoms with E-state index in [0.29, 0.717) is 41.9 Å². The fraction of sp³-hybridized carbons (Fsp3) is 0.130. The Morgan fingerprint density at radius 3 is 2.53 bits per heavy atom. The predicted molar refractivity (Wildman–Crippen MR) is 131 cm³/mol. The number of hydrogen-bond acceptors (Lipinski definition) is 9. The molecule has 0 saturated heterocycles. The standard InChI is InChI=1S/C23H19FN5O6PS2/c24-20-14-17(4-5-18(20)15-25)21(36(30,31)32)28-38(33,34)23-27-26-22(37-23)16-6-8-19(9-7-16)35-13-12-29-10-2-1-3-11-29/h1-11,14,21,28H,12-13H2,(H-,30,31,32). The molecule has 196 valence electrons. The monoisotopic (exact) mass is 575 g/mol. The van der Waals surface area contributed by atoms with Gasteiger partial charge in [-0.15, -0.1) is 10.2 Å². The highest BCUT2D eigenvalue weighted by molar-refractivity contribution is 7.91. The number of aromatic nitrogens is 3. The van der Waals surface area contributed by atoms with Crippen LogP contribution in [0.3, 0.4) is 0 Å². The lowest BCUT2D eigenvalue weighted by molar-refractivity contribution is -0.697. The molecule has 0 aliphatic rings. The topological polar surface area (TPSA) is 169 Å². The summed E-state index contributed by atoms with van der Waals surface area (Å²) >= 11 is 0.664. The Bertz CT molecular complexity index is 1620. The summed E-state index contributed by atoms with van der Waals surface area (Å²) in [6.07, 6.45) is 3.84. The highest BCUT2D eigenvalue weighted by Crippen LogP contribution is 2.47. The molecule has 0 saturated carbocycles. The molecule has 0 amide bonds. The fourth-order valence-electron chi connectivity index (χ4n) is 3.29. The second kappa shape index (κ2) is 11.4. The number of ether oxygens (including phenoxy) is 1. The minimum absolute atomic E-state index is 0.229. The number of nitrogens with zero attached hydrogens (tertiary/aromatic N) is 4. The summed E-state index contributed by atoms with van der Waals surface area (Å²) in [5.74, 6) is -2.70. The molecule has 4 rings (SSSR count). The van der Waals surface area contributed by atoms with Crippen molar-refractivity contribution in [3.05, 3.63) is 90.0 Å². The quantitative estimate of drug-likeness (QED) is 0.212. The van der Waals surface area contributed by atoms with Gasteiger partial charge in [0, 0.05) is 17.7 Å². The first kappa shape index (κ1) is 27.5. The van der Waals surface area contributed by atoms with Gasteiger partial charge in [0.05, 0.1) is 5.56 Å². The molecule has 2 atom stereocenters. The number of nitrogens with one attached hydrogen (secondary N) is 1. The van der Waals surface area contributed by atoms with Gasteiger partial charge in [-0.3, -0.25) is 0 Å². The lowest BCUT2D eigenvalue weighted by atomic mass is 10.1. The van der Waals surface area contributed by atoms with Gasteiger partial charge in [-0.25, -0.2) is 17.4 Å². The van der Waals surface area contributed by atoms with Crippen LogP contribution in [0.15, 0.2) is 77.4 Å². The van der Waals surface area contributed by atoms with Crippen molar-refractivity contribution < 1.29 is 36.5 Å². The van der Waals surface area contributed by atoms with Gasteiger partial charge in [0.2, 0.25) is 4.34 Å². The summed E-state index contributed by atoms with van der Waals surface area (Å²) in [6, 6.07) is 16.7. The third kappa shape index (κ3) is 6.65. The number of rotatable bonds is 10. The zero-order valence-corrected chi connectivity index (χ0v) is 21.9. The largest absolute Gasteiger partial charge is 0.777 e. The molecule has 2 unspecified atom stereocenters. The number of hydrogen-bond donors (Lipinski definition) is 2. The van der Waals surface area contributed by atoms with Gasteiger partial charge < -0.3 is 19.1 Å². The van der Waals surface area contributed by atoms with Crippen LogP contribution in [0.25, 0.3) is 10.6 Å². The molecular formula is C23H19FN5O6PS2. The van der Waals surface area contributed by atoms with Crippen LogP contribution in [0.4, 0.5) is 4.39 Å². The summed E-state index contributed by atoms with van der Waals surface area (Å²) in [6.45, 7) is 1.08. The van der Waals surface area contributed by atoms with Crippen molar-refractivity contribution in [3.63, 3.8) is 0 Å². The van der Waals surface area contributed by atoms with Crippen molar-refractivity contribution in [3.8, 4) is 22.4 Å². The maximum Gasteiger partial charge on any atom is 0.270 e. The maximum absolute atomic E-state index is 14.0. The van der Waals surface area contributed by atoms with E-state index in [4.69, 9.17) is 10.00 Å². The molecule has 0 fully saturated rings. The average Bonchev–Trinajstić information content (AvgIpc) is 3.39. The van der Waals surface area contributed by atoms with Crippen LogP contribution in [-0.4, -0.2) is 30.1 Å². The van der Waals surface area contributed by atoms with Crippen molar-refractivity contribution in [2.45, 2.75) is 16.7 Å². The van der Waals surface area contributed by atoms with Crippen LogP contribution < -0.4 is 18.9 Å². The second-order valence-electron chi connectivity index (χ2n) is 7.80. The molecule has 2 aromatic carbocycles. The highest BCUT2D eigenvalue weighted by atomic mass is 32.2. The van der Waals surface area contributed by atoms with E-state index >= 15 is 0 Å². The van der Waals surface area contributed by atoms with Gasteiger partial charge in [0.25, 0.3) is 10.0 Å². The van der Waals surface area contributed by atoms with Gasteiger partial charge in [-0.05, 0) is 42.0 Å². The molecule has 0 bridgehead atoms. The summed E-state index contributed by atoms with van der Waals surface area (Å²) in [5.41, 5.74) is -0.262. The first-order chi connectivity index (χ1) is 18.1. The van der Waals surface area contributed by atoms with E-state index in [1.54, 1.807) is 30.3 Å². The molecule has 4 aromatic rings. The van der Waals surface area contributed by atoms with E-state index in [9.17, 15) is 27.2 Å². The Morgan fingerprint density at radius 2 is 1.89 bits per heavy atom. The zero-order chi connectivity index (χ0) is 27.3. The molecular weight excluding hydrogens is 556 g/mol. The summed E-state index contributed by atoms with van der Waals surface area (Å²) in [7, 11) is -10.00. The van der Waals surface area contributed by atoms with Gasteiger partial charge in [0.15, 0.2) is 26.5 Å². The van der Waals surface area contributed by atoms with E-state index in [1.165, 1.54) is 0 Å². The van der Waals surface area contributed by atoms with Crippen molar-refractivity contribution in [1.82, 2.24) is 14.9 Å². The Kier molecular flexibility index (Phi) is 8.27. The average molecular weight is 576 g/mol. The zero-order valence-electron chi connectivity index (χ0n) is 19.3. The van der Waals surface area contributed by atoms with E-state index < -0.39 is 39.1 Å². The molecule has 0 spiro atoms. The number of benzene rings is 2. The van der Waals surface area contributed by atoms with Gasteiger partial charge in [0.1, 0.15) is 35.0 Å². The third-order valence-corrected chi connectivity index (χ3v) is 9.17. The SMILES string of the molecule is N#Cc1ccc(C(NS(=O)(=O)c2nnc(-c3ccc(OCC[n+]4ccccc4)cc3)s2)P(=O)([O-])O)cc1F. The minimum Gasteiger partial charge on any atom is -0.777 e. The lowest BCUT2D eigenvalue weighted by Gasteiger charge is -2.27. The molecule has 0 radical (unpaired) electrons. The molecule has 0 aliphatic heterocycles. The van der Waals surface area contributed by atoms with Crippen LogP contribution in [0.5, 0.6) is 5.75 Å². The van der Waals surface area contributed by atoms with Crippen LogP contribution in [0.1, 0.15) is 16.9 Å². The van der Waals surface area contributed by atoms with Crippen molar-refractivity contribution in [2.24, 2.45) is 0 Å². The number of halogens is 1. The second-order valence-corrected chi connectivity index (χ2v) is 12.3. The third-order valence-electron chi connectivity index (χ3n) is 5.16.